The number of hydrogen-bond acceptors (Lipinski definition) is 3. The monoisotopic (exact) mass is 224 g/mol. The van der Waals surface area contributed by atoms with E-state index in [2.05, 4.69) is 0 Å². The first kappa shape index (κ1) is 12.4. The van der Waals surface area contributed by atoms with Crippen molar-refractivity contribution in [1.82, 2.24) is 0 Å². The normalized spacial score (nSPS) is 12.2. The molecule has 0 amide bonds. The van der Waals surface area contributed by atoms with E-state index in [9.17, 15) is 9.90 Å². The number of carboxylic acid groups (broad SMARTS) is 1. The molecule has 1 rings (SSSR count). The average molecular weight is 224 g/mol. The van der Waals surface area contributed by atoms with Gasteiger partial charge in [-0.1, -0.05) is 6.07 Å². The number of rotatable bonds is 3. The van der Waals surface area contributed by atoms with Crippen LogP contribution in [-0.2, 0) is 4.79 Å². The predicted molar refractivity (Wildman–Crippen MR) is 60.2 cm³/mol. The summed E-state index contributed by atoms with van der Waals surface area (Å²) in [5.74, 6) is -1.46. The van der Waals surface area contributed by atoms with Crippen LogP contribution in [0.15, 0.2) is 6.07 Å². The fraction of sp³-hybridized carbons (Fsp3) is 0.417. The van der Waals surface area contributed by atoms with Gasteiger partial charge in [-0.2, -0.15) is 0 Å². The Kier molecular flexibility index (Phi) is 3.42. The third kappa shape index (κ3) is 1.96. The van der Waals surface area contributed by atoms with Gasteiger partial charge in [0.25, 0.3) is 0 Å². The van der Waals surface area contributed by atoms with Gasteiger partial charge in [0, 0.05) is 5.56 Å². The van der Waals surface area contributed by atoms with Crippen molar-refractivity contribution in [3.05, 3.63) is 22.8 Å². The Hall–Kier alpha value is -1.71. The molecule has 0 aliphatic carbocycles. The zero-order chi connectivity index (χ0) is 12.5. The maximum atomic E-state index is 10.9. The Labute approximate surface area is 94.5 Å². The quantitative estimate of drug-likeness (QED) is 0.826. The van der Waals surface area contributed by atoms with Gasteiger partial charge < -0.3 is 14.9 Å². The first-order chi connectivity index (χ1) is 7.40. The molecule has 0 aliphatic heterocycles. The fourth-order valence-corrected chi connectivity index (χ4v) is 1.61. The molecule has 0 bridgehead atoms. The molecule has 0 heterocycles. The van der Waals surface area contributed by atoms with Crippen LogP contribution in [0.2, 0.25) is 0 Å². The zero-order valence-electron chi connectivity index (χ0n) is 9.87. The third-order valence-electron chi connectivity index (χ3n) is 2.83. The Morgan fingerprint density at radius 1 is 1.44 bits per heavy atom. The number of phenolic OH excluding ortho intramolecular Hbond substituents is 1. The molecule has 0 radical (unpaired) electrons. The minimum Gasteiger partial charge on any atom is -0.504 e. The molecule has 0 saturated heterocycles. The number of aliphatic carboxylic acids is 1. The van der Waals surface area contributed by atoms with Crippen molar-refractivity contribution in [3.8, 4) is 11.5 Å². The van der Waals surface area contributed by atoms with Crippen molar-refractivity contribution in [2.24, 2.45) is 0 Å². The highest BCUT2D eigenvalue weighted by Crippen LogP contribution is 2.39. The zero-order valence-corrected chi connectivity index (χ0v) is 9.87. The lowest BCUT2D eigenvalue weighted by Gasteiger charge is -2.16. The standard InChI is InChI=1S/C12H16O4/c1-6-5-9(8(3)12(14)15)10(13)11(16-4)7(6)2/h5,8,13H,1-4H3,(H,14,15). The molecule has 0 fully saturated rings. The molecule has 0 spiro atoms. The third-order valence-corrected chi connectivity index (χ3v) is 2.83. The number of benzene rings is 1. The van der Waals surface area contributed by atoms with Gasteiger partial charge in [0.1, 0.15) is 0 Å². The number of aryl methyl sites for hydroxylation is 1. The van der Waals surface area contributed by atoms with Gasteiger partial charge in [0.05, 0.1) is 13.0 Å². The maximum Gasteiger partial charge on any atom is 0.310 e. The van der Waals surface area contributed by atoms with E-state index in [1.54, 1.807) is 6.07 Å². The molecule has 16 heavy (non-hydrogen) atoms. The summed E-state index contributed by atoms with van der Waals surface area (Å²) in [6.07, 6.45) is 0. The van der Waals surface area contributed by atoms with Crippen molar-refractivity contribution in [2.75, 3.05) is 7.11 Å². The van der Waals surface area contributed by atoms with Crippen molar-refractivity contribution in [2.45, 2.75) is 26.7 Å². The topological polar surface area (TPSA) is 66.8 Å². The van der Waals surface area contributed by atoms with Crippen LogP contribution in [0.4, 0.5) is 0 Å². The maximum absolute atomic E-state index is 10.9. The summed E-state index contributed by atoms with van der Waals surface area (Å²) in [7, 11) is 1.46. The minimum atomic E-state index is -0.972. The summed E-state index contributed by atoms with van der Waals surface area (Å²) in [5.41, 5.74) is 2.10. The van der Waals surface area contributed by atoms with Crippen LogP contribution < -0.4 is 4.74 Å². The molecule has 0 aliphatic rings. The second-order valence-electron chi connectivity index (χ2n) is 3.85. The molecular formula is C12H16O4. The van der Waals surface area contributed by atoms with E-state index in [-0.39, 0.29) is 5.75 Å². The van der Waals surface area contributed by atoms with E-state index >= 15 is 0 Å². The lowest BCUT2D eigenvalue weighted by atomic mass is 9.95. The summed E-state index contributed by atoms with van der Waals surface area (Å²) < 4.78 is 5.08. The SMILES string of the molecule is COc1c(C)c(C)cc(C(C)C(=O)O)c1O. The molecule has 88 valence electrons. The van der Waals surface area contributed by atoms with E-state index in [1.165, 1.54) is 14.0 Å². The number of carboxylic acids is 1. The smallest absolute Gasteiger partial charge is 0.310 e. The summed E-state index contributed by atoms with van der Waals surface area (Å²) in [6.45, 7) is 5.21. The highest BCUT2D eigenvalue weighted by molar-refractivity contribution is 5.77. The molecule has 1 aromatic carbocycles. The summed E-state index contributed by atoms with van der Waals surface area (Å²) in [5, 5.41) is 18.9. The Morgan fingerprint density at radius 2 is 2.00 bits per heavy atom. The molecule has 1 unspecified atom stereocenters. The highest BCUT2D eigenvalue weighted by Gasteiger charge is 2.22. The first-order valence-electron chi connectivity index (χ1n) is 5.00. The van der Waals surface area contributed by atoms with Crippen LogP contribution in [0.25, 0.3) is 0 Å². The van der Waals surface area contributed by atoms with Gasteiger partial charge in [-0.3, -0.25) is 4.79 Å². The van der Waals surface area contributed by atoms with Crippen molar-refractivity contribution in [3.63, 3.8) is 0 Å². The number of methoxy groups -OCH3 is 1. The molecule has 0 aromatic heterocycles. The van der Waals surface area contributed by atoms with E-state index < -0.39 is 11.9 Å². The number of ether oxygens (including phenoxy) is 1. The van der Waals surface area contributed by atoms with E-state index in [0.29, 0.717) is 11.3 Å². The van der Waals surface area contributed by atoms with Gasteiger partial charge in [-0.05, 0) is 31.9 Å². The molecule has 2 N–H and O–H groups in total. The highest BCUT2D eigenvalue weighted by atomic mass is 16.5. The lowest BCUT2D eigenvalue weighted by molar-refractivity contribution is -0.138. The van der Waals surface area contributed by atoms with Gasteiger partial charge in [-0.15, -0.1) is 0 Å². The Bertz CT molecular complexity index is 424. The van der Waals surface area contributed by atoms with Crippen LogP contribution >= 0.6 is 0 Å². The predicted octanol–water partition coefficient (Wildman–Crippen LogP) is 2.21. The van der Waals surface area contributed by atoms with Crippen molar-refractivity contribution < 1.29 is 19.7 Å². The molecule has 4 heteroatoms. The number of hydrogen-bond donors (Lipinski definition) is 2. The van der Waals surface area contributed by atoms with E-state index in [0.717, 1.165) is 11.1 Å². The van der Waals surface area contributed by atoms with Crippen LogP contribution in [0.3, 0.4) is 0 Å². The second-order valence-corrected chi connectivity index (χ2v) is 3.85. The van der Waals surface area contributed by atoms with Gasteiger partial charge >= 0.3 is 5.97 Å². The molecular weight excluding hydrogens is 208 g/mol. The number of carbonyl (C=O) groups is 1. The van der Waals surface area contributed by atoms with Crippen LogP contribution in [0.1, 0.15) is 29.5 Å². The molecule has 1 aromatic rings. The molecule has 0 saturated carbocycles. The van der Waals surface area contributed by atoms with Crippen LogP contribution in [-0.4, -0.2) is 23.3 Å². The minimum absolute atomic E-state index is 0.0829. The second kappa shape index (κ2) is 4.43. The van der Waals surface area contributed by atoms with Gasteiger partial charge in [-0.25, -0.2) is 0 Å². The molecule has 1 atom stereocenters. The summed E-state index contributed by atoms with van der Waals surface area (Å²) in [4.78, 5) is 10.9. The average Bonchev–Trinajstić information content (AvgIpc) is 2.23. The first-order valence-corrected chi connectivity index (χ1v) is 5.00. The fourth-order valence-electron chi connectivity index (χ4n) is 1.61. The van der Waals surface area contributed by atoms with Gasteiger partial charge in [0.15, 0.2) is 11.5 Å². The molecule has 4 nitrogen and oxygen atoms in total. The lowest BCUT2D eigenvalue weighted by Crippen LogP contribution is -2.09. The summed E-state index contributed by atoms with van der Waals surface area (Å²) >= 11 is 0. The van der Waals surface area contributed by atoms with Gasteiger partial charge in [0.2, 0.25) is 0 Å². The number of aromatic hydroxyl groups is 1. The number of phenols is 1. The van der Waals surface area contributed by atoms with E-state index in [1.807, 2.05) is 13.8 Å². The largest absolute Gasteiger partial charge is 0.504 e. The van der Waals surface area contributed by atoms with Crippen LogP contribution in [0, 0.1) is 13.8 Å². The van der Waals surface area contributed by atoms with Crippen molar-refractivity contribution >= 4 is 5.97 Å². The van der Waals surface area contributed by atoms with E-state index in [4.69, 9.17) is 9.84 Å². The Morgan fingerprint density at radius 3 is 2.44 bits per heavy atom. The van der Waals surface area contributed by atoms with Crippen molar-refractivity contribution in [1.29, 1.82) is 0 Å². The Balaban J connectivity index is 3.42. The van der Waals surface area contributed by atoms with Crippen LogP contribution in [0.5, 0.6) is 11.5 Å². The summed E-state index contributed by atoms with van der Waals surface area (Å²) in [6, 6.07) is 1.69.